The predicted molar refractivity (Wildman–Crippen MR) is 110 cm³/mol. The van der Waals surface area contributed by atoms with E-state index in [1.165, 1.54) is 12.3 Å². The van der Waals surface area contributed by atoms with Gasteiger partial charge in [-0.2, -0.15) is 18.3 Å². The lowest BCUT2D eigenvalue weighted by Gasteiger charge is -2.13. The number of rotatable bonds is 6. The van der Waals surface area contributed by atoms with Gasteiger partial charge in [0.1, 0.15) is 6.54 Å². The van der Waals surface area contributed by atoms with E-state index < -0.39 is 30.2 Å². The highest BCUT2D eigenvalue weighted by Gasteiger charge is 2.30. The van der Waals surface area contributed by atoms with Crippen LogP contribution in [0.4, 0.5) is 29.3 Å². The van der Waals surface area contributed by atoms with Crippen LogP contribution in [-0.2, 0) is 11.0 Å². The molecule has 2 aromatic carbocycles. The van der Waals surface area contributed by atoms with Gasteiger partial charge in [-0.25, -0.2) is 10.2 Å². The number of benzene rings is 2. The third kappa shape index (κ3) is 6.96. The van der Waals surface area contributed by atoms with Crippen LogP contribution in [-0.4, -0.2) is 38.8 Å². The van der Waals surface area contributed by atoms with Crippen molar-refractivity contribution in [2.24, 2.45) is 5.10 Å². The summed E-state index contributed by atoms with van der Waals surface area (Å²) in [5.74, 6) is -0.633. The molecule has 0 saturated heterocycles. The van der Waals surface area contributed by atoms with Gasteiger partial charge in [0.15, 0.2) is 0 Å². The number of hydrogen-bond acceptors (Lipinski definition) is 4. The SMILES string of the molecule is CN(C)c1ccc(C=NNC(=O)CNC(=O)Nc2cccc(C(F)(F)F)c2)c(Cl)c1. The van der Waals surface area contributed by atoms with Crippen LogP contribution >= 0.6 is 11.6 Å². The van der Waals surface area contributed by atoms with E-state index in [0.717, 1.165) is 23.9 Å². The number of nitrogens with one attached hydrogen (secondary N) is 3. The molecule has 3 amide bonds. The molecule has 0 bridgehead atoms. The van der Waals surface area contributed by atoms with Gasteiger partial charge in [0.2, 0.25) is 0 Å². The van der Waals surface area contributed by atoms with Gasteiger partial charge in [-0.1, -0.05) is 17.7 Å². The van der Waals surface area contributed by atoms with E-state index >= 15 is 0 Å². The second-order valence-corrected chi connectivity index (χ2v) is 6.69. The average molecular weight is 442 g/mol. The minimum absolute atomic E-state index is 0.0587. The first kappa shape index (κ1) is 23.0. The second kappa shape index (κ2) is 9.97. The van der Waals surface area contributed by atoms with E-state index in [1.807, 2.05) is 25.1 Å². The van der Waals surface area contributed by atoms with E-state index in [2.05, 4.69) is 21.2 Å². The van der Waals surface area contributed by atoms with E-state index in [4.69, 9.17) is 11.6 Å². The first-order chi connectivity index (χ1) is 14.1. The zero-order valence-corrected chi connectivity index (χ0v) is 16.8. The topological polar surface area (TPSA) is 85.8 Å². The molecule has 160 valence electrons. The summed E-state index contributed by atoms with van der Waals surface area (Å²) in [4.78, 5) is 25.4. The van der Waals surface area contributed by atoms with Crippen molar-refractivity contribution < 1.29 is 22.8 Å². The summed E-state index contributed by atoms with van der Waals surface area (Å²) in [6.45, 7) is -0.435. The molecule has 3 N–H and O–H groups in total. The van der Waals surface area contributed by atoms with Crippen LogP contribution < -0.4 is 21.0 Å². The number of anilines is 2. The molecule has 0 fully saturated rings. The molecule has 0 radical (unpaired) electrons. The maximum absolute atomic E-state index is 12.7. The lowest BCUT2D eigenvalue weighted by atomic mass is 10.2. The molecule has 0 unspecified atom stereocenters. The van der Waals surface area contributed by atoms with Gasteiger partial charge in [0, 0.05) is 31.0 Å². The highest BCUT2D eigenvalue weighted by Crippen LogP contribution is 2.30. The number of carbonyl (C=O) groups excluding carboxylic acids is 2. The Balaban J connectivity index is 1.82. The number of hydrogen-bond donors (Lipinski definition) is 3. The van der Waals surface area contributed by atoms with Crippen molar-refractivity contribution in [2.45, 2.75) is 6.18 Å². The second-order valence-electron chi connectivity index (χ2n) is 6.28. The van der Waals surface area contributed by atoms with Gasteiger partial charge < -0.3 is 15.5 Å². The maximum Gasteiger partial charge on any atom is 0.416 e. The van der Waals surface area contributed by atoms with Crippen molar-refractivity contribution in [1.82, 2.24) is 10.7 Å². The summed E-state index contributed by atoms with van der Waals surface area (Å²) < 4.78 is 38.0. The molecule has 0 saturated carbocycles. The highest BCUT2D eigenvalue weighted by atomic mass is 35.5. The van der Waals surface area contributed by atoms with Crippen molar-refractivity contribution in [1.29, 1.82) is 0 Å². The molecule has 0 aromatic heterocycles. The van der Waals surface area contributed by atoms with Gasteiger partial charge in [0.25, 0.3) is 5.91 Å². The van der Waals surface area contributed by atoms with Gasteiger partial charge in [-0.05, 0) is 36.4 Å². The first-order valence-electron chi connectivity index (χ1n) is 8.57. The summed E-state index contributed by atoms with van der Waals surface area (Å²) in [5, 5.41) is 8.64. The Bertz CT molecular complexity index is 948. The minimum Gasteiger partial charge on any atom is -0.378 e. The molecule has 0 aliphatic rings. The third-order valence-electron chi connectivity index (χ3n) is 3.75. The Hall–Kier alpha value is -3.27. The van der Waals surface area contributed by atoms with Crippen molar-refractivity contribution >= 4 is 41.1 Å². The first-order valence-corrected chi connectivity index (χ1v) is 8.95. The van der Waals surface area contributed by atoms with Crippen molar-refractivity contribution in [3.05, 3.63) is 58.6 Å². The van der Waals surface area contributed by atoms with Crippen molar-refractivity contribution in [3.8, 4) is 0 Å². The zero-order chi connectivity index (χ0) is 22.3. The number of urea groups is 1. The number of carbonyl (C=O) groups is 2. The monoisotopic (exact) mass is 441 g/mol. The molecule has 30 heavy (non-hydrogen) atoms. The molecule has 0 aliphatic heterocycles. The van der Waals surface area contributed by atoms with Crippen LogP contribution in [0.2, 0.25) is 5.02 Å². The normalized spacial score (nSPS) is 11.3. The van der Waals surface area contributed by atoms with Crippen LogP contribution in [0.25, 0.3) is 0 Å². The van der Waals surface area contributed by atoms with E-state index in [0.29, 0.717) is 10.6 Å². The minimum atomic E-state index is -4.53. The molecule has 0 heterocycles. The number of hydrazone groups is 1. The van der Waals surface area contributed by atoms with E-state index in [9.17, 15) is 22.8 Å². The molecule has 11 heteroatoms. The van der Waals surface area contributed by atoms with E-state index in [1.54, 1.807) is 12.1 Å². The van der Waals surface area contributed by atoms with Crippen LogP contribution in [0.1, 0.15) is 11.1 Å². The largest absolute Gasteiger partial charge is 0.416 e. The summed E-state index contributed by atoms with van der Waals surface area (Å²) in [7, 11) is 3.74. The molecule has 2 aromatic rings. The molecule has 0 aliphatic carbocycles. The van der Waals surface area contributed by atoms with Crippen LogP contribution in [0.5, 0.6) is 0 Å². The summed E-state index contributed by atoms with van der Waals surface area (Å²) in [6, 6.07) is 8.59. The van der Waals surface area contributed by atoms with E-state index in [-0.39, 0.29) is 5.69 Å². The van der Waals surface area contributed by atoms with Crippen LogP contribution in [0.15, 0.2) is 47.6 Å². The Morgan fingerprint density at radius 3 is 2.53 bits per heavy atom. The fourth-order valence-corrected chi connectivity index (χ4v) is 2.44. The Morgan fingerprint density at radius 2 is 1.90 bits per heavy atom. The van der Waals surface area contributed by atoms with Gasteiger partial charge >= 0.3 is 12.2 Å². The molecular weight excluding hydrogens is 423 g/mol. The zero-order valence-electron chi connectivity index (χ0n) is 16.0. The summed E-state index contributed by atoms with van der Waals surface area (Å²) in [6.07, 6.45) is -3.18. The molecule has 0 atom stereocenters. The lowest BCUT2D eigenvalue weighted by Crippen LogP contribution is -2.37. The third-order valence-corrected chi connectivity index (χ3v) is 4.08. The lowest BCUT2D eigenvalue weighted by molar-refractivity contribution is -0.137. The van der Waals surface area contributed by atoms with Crippen LogP contribution in [0, 0.1) is 0 Å². The summed E-state index contributed by atoms with van der Waals surface area (Å²) >= 11 is 6.14. The highest BCUT2D eigenvalue weighted by molar-refractivity contribution is 6.33. The van der Waals surface area contributed by atoms with Crippen molar-refractivity contribution in [2.75, 3.05) is 30.9 Å². The molecule has 2 rings (SSSR count). The fourth-order valence-electron chi connectivity index (χ4n) is 2.22. The summed E-state index contributed by atoms with van der Waals surface area (Å²) in [5.41, 5.74) is 2.74. The average Bonchev–Trinajstić information content (AvgIpc) is 2.67. The molecule has 0 spiro atoms. The van der Waals surface area contributed by atoms with Gasteiger partial charge in [-0.15, -0.1) is 0 Å². The fraction of sp³-hybridized carbons (Fsp3) is 0.211. The quantitative estimate of drug-likeness (QED) is 0.472. The van der Waals surface area contributed by atoms with Gasteiger partial charge in [-0.3, -0.25) is 4.79 Å². The number of halogens is 4. The number of alkyl halides is 3. The number of amides is 3. The van der Waals surface area contributed by atoms with Gasteiger partial charge in [0.05, 0.1) is 16.8 Å². The maximum atomic E-state index is 12.7. The van der Waals surface area contributed by atoms with Crippen LogP contribution in [0.3, 0.4) is 0 Å². The smallest absolute Gasteiger partial charge is 0.378 e. The Labute approximate surface area is 175 Å². The standard InChI is InChI=1S/C19H19ClF3N5O2/c1-28(2)15-7-6-12(16(20)9-15)10-25-27-17(29)11-24-18(30)26-14-5-3-4-13(8-14)19(21,22)23/h3-10H,11H2,1-2H3,(H,27,29)(H2,24,26,30). The predicted octanol–water partition coefficient (Wildman–Crippen LogP) is 3.70. The van der Waals surface area contributed by atoms with Crippen molar-refractivity contribution in [3.63, 3.8) is 0 Å². The Morgan fingerprint density at radius 1 is 1.17 bits per heavy atom. The molecular formula is C19H19ClF3N5O2. The Kier molecular flexibility index (Phi) is 7.65. The number of nitrogens with zero attached hydrogens (tertiary/aromatic N) is 2. The molecule has 7 nitrogen and oxygen atoms in total.